The Balaban J connectivity index is 2.37. The molecule has 2 aromatic rings. The van der Waals surface area contributed by atoms with Gasteiger partial charge in [-0.05, 0) is 43.0 Å². The van der Waals surface area contributed by atoms with E-state index in [0.717, 1.165) is 17.5 Å². The number of amides is 1. The monoisotopic (exact) mass is 268 g/mol. The summed E-state index contributed by atoms with van der Waals surface area (Å²) in [7, 11) is 0. The molecule has 0 bridgehead atoms. The quantitative estimate of drug-likeness (QED) is 0.922. The van der Waals surface area contributed by atoms with Crippen LogP contribution in [0.5, 0.6) is 0 Å². The lowest BCUT2D eigenvalue weighted by Gasteiger charge is -2.11. The van der Waals surface area contributed by atoms with E-state index in [1.165, 1.54) is 11.1 Å². The number of hydrogen-bond donors (Lipinski definition) is 1. The Kier molecular flexibility index (Phi) is 4.51. The summed E-state index contributed by atoms with van der Waals surface area (Å²) >= 11 is 0. The molecule has 1 heterocycles. The molecule has 3 nitrogen and oxygen atoms in total. The number of aryl methyl sites for hydroxylation is 2. The molecule has 0 fully saturated rings. The SMILES string of the molecule is CCCNC(=O)c1cncc(-c2c(C)cccc2C)c1. The van der Waals surface area contributed by atoms with Gasteiger partial charge in [-0.3, -0.25) is 9.78 Å². The largest absolute Gasteiger partial charge is 0.352 e. The maximum absolute atomic E-state index is 12.0. The summed E-state index contributed by atoms with van der Waals surface area (Å²) in [6.07, 6.45) is 4.35. The van der Waals surface area contributed by atoms with Gasteiger partial charge in [-0.15, -0.1) is 0 Å². The number of benzene rings is 1. The van der Waals surface area contributed by atoms with Gasteiger partial charge in [0.25, 0.3) is 5.91 Å². The lowest BCUT2D eigenvalue weighted by atomic mass is 9.96. The van der Waals surface area contributed by atoms with Crippen LogP contribution >= 0.6 is 0 Å². The molecule has 0 unspecified atom stereocenters. The van der Waals surface area contributed by atoms with Crippen LogP contribution in [0.15, 0.2) is 36.7 Å². The van der Waals surface area contributed by atoms with Crippen molar-refractivity contribution in [3.8, 4) is 11.1 Å². The number of rotatable bonds is 4. The number of aromatic nitrogens is 1. The zero-order valence-electron chi connectivity index (χ0n) is 12.2. The Morgan fingerprint density at radius 2 is 1.90 bits per heavy atom. The molecule has 1 aromatic heterocycles. The summed E-state index contributed by atoms with van der Waals surface area (Å²) in [5.41, 5.74) is 5.14. The van der Waals surface area contributed by atoms with Gasteiger partial charge in [-0.1, -0.05) is 25.1 Å². The standard InChI is InChI=1S/C17H20N2O/c1-4-8-19-17(20)15-9-14(10-18-11-15)16-12(2)6-5-7-13(16)3/h5-7,9-11H,4,8H2,1-3H3,(H,19,20). The van der Waals surface area contributed by atoms with Crippen molar-refractivity contribution in [1.29, 1.82) is 0 Å². The highest BCUT2D eigenvalue weighted by atomic mass is 16.1. The van der Waals surface area contributed by atoms with Crippen molar-refractivity contribution in [2.75, 3.05) is 6.54 Å². The summed E-state index contributed by atoms with van der Waals surface area (Å²) < 4.78 is 0. The number of nitrogens with one attached hydrogen (secondary N) is 1. The predicted octanol–water partition coefficient (Wildman–Crippen LogP) is 3.51. The van der Waals surface area contributed by atoms with Gasteiger partial charge in [0.15, 0.2) is 0 Å². The van der Waals surface area contributed by atoms with Gasteiger partial charge in [0, 0.05) is 24.5 Å². The van der Waals surface area contributed by atoms with Crippen LogP contribution in [-0.4, -0.2) is 17.4 Å². The third kappa shape index (κ3) is 3.05. The average molecular weight is 268 g/mol. The van der Waals surface area contributed by atoms with Crippen molar-refractivity contribution < 1.29 is 4.79 Å². The lowest BCUT2D eigenvalue weighted by Crippen LogP contribution is -2.24. The van der Waals surface area contributed by atoms with E-state index in [2.05, 4.69) is 36.3 Å². The molecule has 0 aliphatic carbocycles. The summed E-state index contributed by atoms with van der Waals surface area (Å²) in [4.78, 5) is 16.2. The fourth-order valence-electron chi connectivity index (χ4n) is 2.31. The Labute approximate surface area is 120 Å². The van der Waals surface area contributed by atoms with E-state index < -0.39 is 0 Å². The van der Waals surface area contributed by atoms with E-state index in [1.54, 1.807) is 6.20 Å². The second-order valence-electron chi connectivity index (χ2n) is 4.99. The van der Waals surface area contributed by atoms with Crippen LogP contribution in [-0.2, 0) is 0 Å². The number of hydrogen-bond acceptors (Lipinski definition) is 2. The third-order valence-corrected chi connectivity index (χ3v) is 3.31. The summed E-state index contributed by atoms with van der Waals surface area (Å²) in [5, 5.41) is 2.88. The molecule has 0 aliphatic rings. The average Bonchev–Trinajstić information content (AvgIpc) is 2.45. The fraction of sp³-hybridized carbons (Fsp3) is 0.294. The molecule has 1 aromatic carbocycles. The zero-order valence-corrected chi connectivity index (χ0v) is 12.2. The van der Waals surface area contributed by atoms with Crippen molar-refractivity contribution in [2.45, 2.75) is 27.2 Å². The maximum Gasteiger partial charge on any atom is 0.252 e. The normalized spacial score (nSPS) is 10.3. The van der Waals surface area contributed by atoms with Gasteiger partial charge in [-0.2, -0.15) is 0 Å². The van der Waals surface area contributed by atoms with Crippen LogP contribution in [0.1, 0.15) is 34.8 Å². The predicted molar refractivity (Wildman–Crippen MR) is 81.8 cm³/mol. The molecular formula is C17H20N2O. The molecule has 1 N–H and O–H groups in total. The molecule has 1 amide bonds. The van der Waals surface area contributed by atoms with Crippen LogP contribution < -0.4 is 5.32 Å². The van der Waals surface area contributed by atoms with Crippen LogP contribution in [0.25, 0.3) is 11.1 Å². The molecule has 2 rings (SSSR count). The first-order chi connectivity index (χ1) is 9.63. The summed E-state index contributed by atoms with van der Waals surface area (Å²) in [6.45, 7) is 6.87. The first-order valence-corrected chi connectivity index (χ1v) is 6.93. The van der Waals surface area contributed by atoms with E-state index >= 15 is 0 Å². The Bertz CT molecular complexity index is 600. The van der Waals surface area contributed by atoms with Gasteiger partial charge in [0.05, 0.1) is 5.56 Å². The third-order valence-electron chi connectivity index (χ3n) is 3.31. The Hall–Kier alpha value is -2.16. The second kappa shape index (κ2) is 6.33. The van der Waals surface area contributed by atoms with Crippen molar-refractivity contribution in [3.05, 3.63) is 53.3 Å². The minimum Gasteiger partial charge on any atom is -0.352 e. The van der Waals surface area contributed by atoms with Crippen LogP contribution in [0, 0.1) is 13.8 Å². The molecule has 0 spiro atoms. The molecule has 104 valence electrons. The number of nitrogens with zero attached hydrogens (tertiary/aromatic N) is 1. The van der Waals surface area contributed by atoms with Crippen molar-refractivity contribution in [3.63, 3.8) is 0 Å². The fourth-order valence-corrected chi connectivity index (χ4v) is 2.31. The number of carbonyl (C=O) groups excluding carboxylic acids is 1. The first kappa shape index (κ1) is 14.3. The number of carbonyl (C=O) groups is 1. The minimum atomic E-state index is -0.0626. The van der Waals surface area contributed by atoms with E-state index in [-0.39, 0.29) is 5.91 Å². The van der Waals surface area contributed by atoms with Gasteiger partial charge in [-0.25, -0.2) is 0 Å². The van der Waals surface area contributed by atoms with Crippen LogP contribution in [0.3, 0.4) is 0 Å². The van der Waals surface area contributed by atoms with Crippen molar-refractivity contribution in [2.24, 2.45) is 0 Å². The lowest BCUT2D eigenvalue weighted by molar-refractivity contribution is 0.0953. The van der Waals surface area contributed by atoms with Crippen LogP contribution in [0.2, 0.25) is 0 Å². The second-order valence-corrected chi connectivity index (χ2v) is 4.99. The van der Waals surface area contributed by atoms with E-state index in [1.807, 2.05) is 25.3 Å². The molecule has 0 radical (unpaired) electrons. The highest BCUT2D eigenvalue weighted by Gasteiger charge is 2.10. The smallest absolute Gasteiger partial charge is 0.252 e. The highest BCUT2D eigenvalue weighted by molar-refractivity contribution is 5.95. The topological polar surface area (TPSA) is 42.0 Å². The first-order valence-electron chi connectivity index (χ1n) is 6.93. The van der Waals surface area contributed by atoms with Gasteiger partial charge in [0.2, 0.25) is 0 Å². The van der Waals surface area contributed by atoms with Gasteiger partial charge >= 0.3 is 0 Å². The Morgan fingerprint density at radius 3 is 2.55 bits per heavy atom. The zero-order chi connectivity index (χ0) is 14.5. The van der Waals surface area contributed by atoms with E-state index in [0.29, 0.717) is 12.1 Å². The molecule has 0 atom stereocenters. The van der Waals surface area contributed by atoms with Crippen molar-refractivity contribution >= 4 is 5.91 Å². The number of pyridine rings is 1. The van der Waals surface area contributed by atoms with E-state index in [9.17, 15) is 4.79 Å². The van der Waals surface area contributed by atoms with Gasteiger partial charge < -0.3 is 5.32 Å². The summed E-state index contributed by atoms with van der Waals surface area (Å²) in [5.74, 6) is -0.0626. The molecule has 0 aliphatic heterocycles. The molecule has 0 saturated heterocycles. The maximum atomic E-state index is 12.0. The molecule has 3 heteroatoms. The molecular weight excluding hydrogens is 248 g/mol. The molecule has 20 heavy (non-hydrogen) atoms. The van der Waals surface area contributed by atoms with Crippen LogP contribution in [0.4, 0.5) is 0 Å². The molecule has 0 saturated carbocycles. The minimum absolute atomic E-state index is 0.0626. The summed E-state index contributed by atoms with van der Waals surface area (Å²) in [6, 6.07) is 8.10. The van der Waals surface area contributed by atoms with E-state index in [4.69, 9.17) is 0 Å². The van der Waals surface area contributed by atoms with Gasteiger partial charge in [0.1, 0.15) is 0 Å². The highest BCUT2D eigenvalue weighted by Crippen LogP contribution is 2.26. The van der Waals surface area contributed by atoms with Crippen molar-refractivity contribution in [1.82, 2.24) is 10.3 Å². The Morgan fingerprint density at radius 1 is 1.20 bits per heavy atom.